The maximum absolute atomic E-state index is 14.2. The zero-order valence-electron chi connectivity index (χ0n) is 15.6. The molecule has 2 heterocycles. The lowest BCUT2D eigenvalue weighted by Gasteiger charge is -2.29. The van der Waals surface area contributed by atoms with Crippen LogP contribution in [0.15, 0.2) is 48.5 Å². The summed E-state index contributed by atoms with van der Waals surface area (Å²) in [6, 6.07) is 14.6. The highest BCUT2D eigenvalue weighted by molar-refractivity contribution is 5.95. The van der Waals surface area contributed by atoms with Crippen molar-refractivity contribution in [2.45, 2.75) is 19.9 Å². The molecule has 2 aromatic rings. The number of hydrogen-bond donors (Lipinski definition) is 0. The number of carbonyl (C=O) groups excluding carboxylic acids is 2. The Kier molecular flexibility index (Phi) is 4.46. The van der Waals surface area contributed by atoms with Gasteiger partial charge in [-0.3, -0.25) is 9.59 Å². The van der Waals surface area contributed by atoms with Gasteiger partial charge in [0.1, 0.15) is 5.82 Å². The number of benzene rings is 2. The summed E-state index contributed by atoms with van der Waals surface area (Å²) in [4.78, 5) is 28.8. The maximum atomic E-state index is 14.2. The zero-order chi connectivity index (χ0) is 19.1. The normalized spacial score (nSPS) is 24.2. The summed E-state index contributed by atoms with van der Waals surface area (Å²) in [5.74, 6) is -0.288. The van der Waals surface area contributed by atoms with Gasteiger partial charge in [0.15, 0.2) is 0 Å². The lowest BCUT2D eigenvalue weighted by molar-refractivity contribution is -0.130. The Morgan fingerprint density at radius 2 is 1.78 bits per heavy atom. The lowest BCUT2D eigenvalue weighted by atomic mass is 9.89. The van der Waals surface area contributed by atoms with Gasteiger partial charge in [0.05, 0.1) is 11.6 Å². The largest absolute Gasteiger partial charge is 0.338 e. The summed E-state index contributed by atoms with van der Waals surface area (Å²) < 4.78 is 14.2. The van der Waals surface area contributed by atoms with Crippen LogP contribution in [0.5, 0.6) is 0 Å². The number of rotatable bonds is 2. The van der Waals surface area contributed by atoms with Crippen LogP contribution < -0.4 is 0 Å². The van der Waals surface area contributed by atoms with Crippen molar-refractivity contribution in [3.63, 3.8) is 0 Å². The minimum Gasteiger partial charge on any atom is -0.338 e. The first kappa shape index (κ1) is 17.7. The van der Waals surface area contributed by atoms with E-state index in [-0.39, 0.29) is 35.3 Å². The van der Waals surface area contributed by atoms with Gasteiger partial charge in [-0.25, -0.2) is 4.39 Å². The molecule has 0 spiro atoms. The fourth-order valence-electron chi connectivity index (χ4n) is 4.59. The molecule has 2 amide bonds. The molecule has 2 aliphatic rings. The Labute approximate surface area is 158 Å². The minimum atomic E-state index is -0.479. The van der Waals surface area contributed by atoms with Gasteiger partial charge >= 0.3 is 0 Å². The van der Waals surface area contributed by atoms with Gasteiger partial charge in [-0.2, -0.15) is 0 Å². The average molecular weight is 366 g/mol. The molecule has 2 fully saturated rings. The second-order valence-corrected chi connectivity index (χ2v) is 7.64. The van der Waals surface area contributed by atoms with Gasteiger partial charge in [0.2, 0.25) is 5.91 Å². The van der Waals surface area contributed by atoms with E-state index in [1.807, 2.05) is 42.2 Å². The summed E-state index contributed by atoms with van der Waals surface area (Å²) in [7, 11) is 0. The highest BCUT2D eigenvalue weighted by atomic mass is 19.1. The molecular weight excluding hydrogens is 343 g/mol. The van der Waals surface area contributed by atoms with Crippen LogP contribution in [0.25, 0.3) is 0 Å². The van der Waals surface area contributed by atoms with E-state index >= 15 is 0 Å². The summed E-state index contributed by atoms with van der Waals surface area (Å²) >= 11 is 0. The third-order valence-electron chi connectivity index (χ3n) is 5.85. The zero-order valence-corrected chi connectivity index (χ0v) is 15.6. The van der Waals surface area contributed by atoms with Crippen molar-refractivity contribution in [1.82, 2.24) is 9.80 Å². The molecule has 2 aromatic carbocycles. The summed E-state index contributed by atoms with van der Waals surface area (Å²) in [6.07, 6.45) is 0. The van der Waals surface area contributed by atoms with Crippen molar-refractivity contribution < 1.29 is 14.0 Å². The Morgan fingerprint density at radius 3 is 2.48 bits per heavy atom. The van der Waals surface area contributed by atoms with Crippen molar-refractivity contribution in [2.75, 3.05) is 19.6 Å². The van der Waals surface area contributed by atoms with Crippen molar-refractivity contribution in [1.29, 1.82) is 0 Å². The van der Waals surface area contributed by atoms with Crippen LogP contribution in [0.4, 0.5) is 4.39 Å². The lowest BCUT2D eigenvalue weighted by Crippen LogP contribution is -2.36. The number of likely N-dealkylation sites (tertiary alicyclic amines) is 2. The van der Waals surface area contributed by atoms with Gasteiger partial charge < -0.3 is 9.80 Å². The van der Waals surface area contributed by atoms with Gasteiger partial charge in [-0.1, -0.05) is 42.0 Å². The van der Waals surface area contributed by atoms with Crippen LogP contribution >= 0.6 is 0 Å². The molecule has 0 unspecified atom stereocenters. The van der Waals surface area contributed by atoms with E-state index in [2.05, 4.69) is 0 Å². The van der Waals surface area contributed by atoms with E-state index in [1.54, 1.807) is 24.0 Å². The van der Waals surface area contributed by atoms with Gasteiger partial charge in [-0.15, -0.1) is 0 Å². The summed E-state index contributed by atoms with van der Waals surface area (Å²) in [5.41, 5.74) is 2.09. The van der Waals surface area contributed by atoms with Crippen LogP contribution in [0.1, 0.15) is 34.5 Å². The number of aryl methyl sites for hydroxylation is 1. The molecule has 27 heavy (non-hydrogen) atoms. The molecule has 0 radical (unpaired) electrons. The molecule has 140 valence electrons. The maximum Gasteiger partial charge on any atom is 0.256 e. The first-order chi connectivity index (χ1) is 13.0. The molecule has 4 rings (SSSR count). The highest BCUT2D eigenvalue weighted by Crippen LogP contribution is 2.45. The predicted molar refractivity (Wildman–Crippen MR) is 101 cm³/mol. The quantitative estimate of drug-likeness (QED) is 0.817. The SMILES string of the molecule is CC(=O)N1C[C@H]2CN(C(=O)c3cc(C)ccc3F)C[C@H]2[C@@H]1c1ccccc1. The Morgan fingerprint density at radius 1 is 1.04 bits per heavy atom. The van der Waals surface area contributed by atoms with Crippen molar-refractivity contribution in [3.8, 4) is 0 Å². The molecule has 2 saturated heterocycles. The number of nitrogens with zero attached hydrogens (tertiary/aromatic N) is 2. The fraction of sp³-hybridized carbons (Fsp3) is 0.364. The van der Waals surface area contributed by atoms with Crippen LogP contribution in [-0.2, 0) is 4.79 Å². The molecule has 0 bridgehead atoms. The number of fused-ring (bicyclic) bond motifs is 1. The Bertz CT molecular complexity index is 883. The van der Waals surface area contributed by atoms with E-state index in [9.17, 15) is 14.0 Å². The smallest absolute Gasteiger partial charge is 0.256 e. The number of carbonyl (C=O) groups is 2. The molecule has 4 nitrogen and oxygen atoms in total. The van der Waals surface area contributed by atoms with E-state index in [1.165, 1.54) is 6.07 Å². The Hall–Kier alpha value is -2.69. The molecule has 0 N–H and O–H groups in total. The molecule has 0 saturated carbocycles. The molecular formula is C22H23FN2O2. The van der Waals surface area contributed by atoms with Crippen LogP contribution in [0.3, 0.4) is 0 Å². The monoisotopic (exact) mass is 366 g/mol. The van der Waals surface area contributed by atoms with Gasteiger partial charge in [-0.05, 0) is 24.6 Å². The number of hydrogen-bond acceptors (Lipinski definition) is 2. The van der Waals surface area contributed by atoms with Crippen LogP contribution in [-0.4, -0.2) is 41.2 Å². The van der Waals surface area contributed by atoms with E-state index < -0.39 is 5.82 Å². The van der Waals surface area contributed by atoms with E-state index in [0.717, 1.165) is 11.1 Å². The standard InChI is InChI=1S/C22H23FN2O2/c1-14-8-9-20(23)18(10-14)22(27)24-11-17-12-25(15(2)26)21(19(17)13-24)16-6-4-3-5-7-16/h3-10,17,19,21H,11-13H2,1-2H3/t17-,19-,21+/m1/s1. The van der Waals surface area contributed by atoms with E-state index in [0.29, 0.717) is 19.6 Å². The Balaban J connectivity index is 1.60. The number of amides is 2. The first-order valence-electron chi connectivity index (χ1n) is 9.33. The predicted octanol–water partition coefficient (Wildman–Crippen LogP) is 3.43. The summed E-state index contributed by atoms with van der Waals surface area (Å²) in [6.45, 7) is 5.19. The highest BCUT2D eigenvalue weighted by Gasteiger charge is 2.49. The molecule has 2 aliphatic heterocycles. The fourth-order valence-corrected chi connectivity index (χ4v) is 4.59. The second kappa shape index (κ2) is 6.80. The minimum absolute atomic E-state index is 0.0335. The van der Waals surface area contributed by atoms with Gasteiger partial charge in [0, 0.05) is 38.4 Å². The molecule has 0 aliphatic carbocycles. The topological polar surface area (TPSA) is 40.6 Å². The average Bonchev–Trinajstić information content (AvgIpc) is 3.21. The first-order valence-corrected chi connectivity index (χ1v) is 9.33. The van der Waals surface area contributed by atoms with Crippen molar-refractivity contribution in [2.24, 2.45) is 11.8 Å². The second-order valence-electron chi connectivity index (χ2n) is 7.64. The van der Waals surface area contributed by atoms with Gasteiger partial charge in [0.25, 0.3) is 5.91 Å². The van der Waals surface area contributed by atoms with E-state index in [4.69, 9.17) is 0 Å². The van der Waals surface area contributed by atoms with Crippen molar-refractivity contribution in [3.05, 3.63) is 71.0 Å². The van der Waals surface area contributed by atoms with Crippen LogP contribution in [0.2, 0.25) is 0 Å². The van der Waals surface area contributed by atoms with Crippen molar-refractivity contribution >= 4 is 11.8 Å². The number of halogens is 1. The third kappa shape index (κ3) is 3.11. The molecule has 3 atom stereocenters. The van der Waals surface area contributed by atoms with Crippen LogP contribution in [0, 0.1) is 24.6 Å². The third-order valence-corrected chi connectivity index (χ3v) is 5.85. The summed E-state index contributed by atoms with van der Waals surface area (Å²) in [5, 5.41) is 0. The molecule has 5 heteroatoms. The molecule has 0 aromatic heterocycles.